The third kappa shape index (κ3) is 1.69. The number of hydrogen-bond donors (Lipinski definition) is 2. The van der Waals surface area contributed by atoms with Gasteiger partial charge in [0.05, 0.1) is 0 Å². The molecule has 0 fully saturated rings. The van der Waals surface area contributed by atoms with Crippen LogP contribution >= 0.6 is 0 Å². The molecule has 0 heterocycles. The normalized spacial score (nSPS) is 10.5. The molecule has 2 aromatic rings. The van der Waals surface area contributed by atoms with Crippen molar-refractivity contribution in [2.75, 3.05) is 0 Å². The Hall–Kier alpha value is -1.87. The summed E-state index contributed by atoms with van der Waals surface area (Å²) in [5.41, 5.74) is 12.3. The molecule has 0 radical (unpaired) electrons. The summed E-state index contributed by atoms with van der Waals surface area (Å²) in [5, 5.41) is 1.87. The maximum atomic E-state index is 11.3. The molecule has 76 valence electrons. The van der Waals surface area contributed by atoms with Crippen molar-refractivity contribution >= 4 is 16.7 Å². The molecular weight excluding hydrogens is 188 g/mol. The molecule has 0 bridgehead atoms. The van der Waals surface area contributed by atoms with Gasteiger partial charge in [-0.1, -0.05) is 24.3 Å². The SMILES string of the molecule is NCc1cc(C(N)=O)c2ccccc2c1. The highest BCUT2D eigenvalue weighted by Crippen LogP contribution is 2.20. The average molecular weight is 200 g/mol. The van der Waals surface area contributed by atoms with E-state index in [9.17, 15) is 4.79 Å². The van der Waals surface area contributed by atoms with E-state index >= 15 is 0 Å². The van der Waals surface area contributed by atoms with Gasteiger partial charge in [0, 0.05) is 12.1 Å². The first-order chi connectivity index (χ1) is 7.22. The number of benzene rings is 2. The summed E-state index contributed by atoms with van der Waals surface area (Å²) in [5.74, 6) is -0.415. The molecule has 0 saturated heterocycles. The minimum Gasteiger partial charge on any atom is -0.366 e. The van der Waals surface area contributed by atoms with Crippen LogP contribution in [-0.2, 0) is 6.54 Å². The van der Waals surface area contributed by atoms with Crippen molar-refractivity contribution in [1.82, 2.24) is 0 Å². The van der Waals surface area contributed by atoms with Gasteiger partial charge in [0.15, 0.2) is 0 Å². The van der Waals surface area contributed by atoms with Crippen molar-refractivity contribution in [3.05, 3.63) is 47.5 Å². The number of rotatable bonds is 2. The Morgan fingerprint density at radius 2 is 1.93 bits per heavy atom. The van der Waals surface area contributed by atoms with Crippen molar-refractivity contribution < 1.29 is 4.79 Å². The Bertz CT molecular complexity index is 520. The lowest BCUT2D eigenvalue weighted by Crippen LogP contribution is -2.12. The molecule has 1 amide bonds. The summed E-state index contributed by atoms with van der Waals surface area (Å²) in [4.78, 5) is 11.3. The minimum absolute atomic E-state index is 0.408. The number of nitrogens with two attached hydrogens (primary N) is 2. The zero-order chi connectivity index (χ0) is 10.8. The van der Waals surface area contributed by atoms with E-state index in [1.165, 1.54) is 0 Å². The second-order valence-corrected chi connectivity index (χ2v) is 3.43. The van der Waals surface area contributed by atoms with E-state index in [0.717, 1.165) is 16.3 Å². The highest BCUT2D eigenvalue weighted by atomic mass is 16.1. The van der Waals surface area contributed by atoms with Crippen molar-refractivity contribution in [1.29, 1.82) is 0 Å². The van der Waals surface area contributed by atoms with Crippen LogP contribution in [0.5, 0.6) is 0 Å². The fourth-order valence-corrected chi connectivity index (χ4v) is 1.69. The van der Waals surface area contributed by atoms with Crippen molar-refractivity contribution in [3.8, 4) is 0 Å². The van der Waals surface area contributed by atoms with Crippen LogP contribution in [0.2, 0.25) is 0 Å². The van der Waals surface area contributed by atoms with Crippen molar-refractivity contribution in [3.63, 3.8) is 0 Å². The molecule has 0 aliphatic heterocycles. The number of amides is 1. The van der Waals surface area contributed by atoms with Crippen LogP contribution in [0.4, 0.5) is 0 Å². The average Bonchev–Trinajstić information content (AvgIpc) is 2.27. The fourth-order valence-electron chi connectivity index (χ4n) is 1.69. The summed E-state index contributed by atoms with van der Waals surface area (Å²) >= 11 is 0. The maximum Gasteiger partial charge on any atom is 0.249 e. The highest BCUT2D eigenvalue weighted by Gasteiger charge is 2.07. The van der Waals surface area contributed by atoms with Gasteiger partial charge in [0.1, 0.15) is 0 Å². The standard InChI is InChI=1S/C12H12N2O/c13-7-8-5-9-3-1-2-4-10(9)11(6-8)12(14)15/h1-6H,7,13H2,(H2,14,15). The molecule has 3 heteroatoms. The van der Waals surface area contributed by atoms with Gasteiger partial charge in [-0.3, -0.25) is 4.79 Å². The summed E-state index contributed by atoms with van der Waals surface area (Å²) < 4.78 is 0. The minimum atomic E-state index is -0.415. The highest BCUT2D eigenvalue weighted by molar-refractivity contribution is 6.06. The molecule has 0 saturated carbocycles. The summed E-state index contributed by atoms with van der Waals surface area (Å²) in [6.07, 6.45) is 0. The van der Waals surface area contributed by atoms with Gasteiger partial charge < -0.3 is 11.5 Å². The van der Waals surface area contributed by atoms with Gasteiger partial charge in [-0.25, -0.2) is 0 Å². The number of fused-ring (bicyclic) bond motifs is 1. The van der Waals surface area contributed by atoms with Crippen LogP contribution in [0, 0.1) is 0 Å². The van der Waals surface area contributed by atoms with E-state index < -0.39 is 5.91 Å². The molecule has 0 aromatic heterocycles. The number of carbonyl (C=O) groups is 1. The predicted octanol–water partition coefficient (Wildman–Crippen LogP) is 1.40. The zero-order valence-electron chi connectivity index (χ0n) is 8.23. The quantitative estimate of drug-likeness (QED) is 0.769. The Labute approximate surface area is 87.7 Å². The smallest absolute Gasteiger partial charge is 0.249 e. The third-order valence-electron chi connectivity index (χ3n) is 2.42. The Morgan fingerprint density at radius 3 is 2.60 bits per heavy atom. The van der Waals surface area contributed by atoms with E-state index in [2.05, 4.69) is 0 Å². The van der Waals surface area contributed by atoms with Crippen molar-refractivity contribution in [2.24, 2.45) is 11.5 Å². The Morgan fingerprint density at radius 1 is 1.20 bits per heavy atom. The third-order valence-corrected chi connectivity index (χ3v) is 2.42. The summed E-state index contributed by atoms with van der Waals surface area (Å²) in [6, 6.07) is 11.4. The Kier molecular flexibility index (Phi) is 2.39. The van der Waals surface area contributed by atoms with Crippen LogP contribution in [0.3, 0.4) is 0 Å². The maximum absolute atomic E-state index is 11.3. The second kappa shape index (κ2) is 3.71. The van der Waals surface area contributed by atoms with Crippen molar-refractivity contribution in [2.45, 2.75) is 6.54 Å². The molecule has 0 atom stereocenters. The molecule has 2 aromatic carbocycles. The lowest BCUT2D eigenvalue weighted by Gasteiger charge is -2.06. The molecule has 4 N–H and O–H groups in total. The zero-order valence-corrected chi connectivity index (χ0v) is 8.23. The van der Waals surface area contributed by atoms with Crippen LogP contribution in [0.25, 0.3) is 10.8 Å². The number of carbonyl (C=O) groups excluding carboxylic acids is 1. The van der Waals surface area contributed by atoms with E-state index in [0.29, 0.717) is 12.1 Å². The van der Waals surface area contributed by atoms with Crippen LogP contribution in [0.15, 0.2) is 36.4 Å². The fraction of sp³-hybridized carbons (Fsp3) is 0.0833. The van der Waals surface area contributed by atoms with Crippen LogP contribution in [0.1, 0.15) is 15.9 Å². The first-order valence-corrected chi connectivity index (χ1v) is 4.74. The number of primary amides is 1. The van der Waals surface area contributed by atoms with Crippen LogP contribution < -0.4 is 11.5 Å². The van der Waals surface area contributed by atoms with Gasteiger partial charge in [0.2, 0.25) is 5.91 Å². The largest absolute Gasteiger partial charge is 0.366 e. The van der Waals surface area contributed by atoms with E-state index in [1.807, 2.05) is 30.3 Å². The molecule has 3 nitrogen and oxygen atoms in total. The molecular formula is C12H12N2O. The first kappa shape index (κ1) is 9.68. The molecule has 0 spiro atoms. The van der Waals surface area contributed by atoms with E-state index in [1.54, 1.807) is 6.07 Å². The number of hydrogen-bond acceptors (Lipinski definition) is 2. The monoisotopic (exact) mass is 200 g/mol. The van der Waals surface area contributed by atoms with Gasteiger partial charge >= 0.3 is 0 Å². The lowest BCUT2D eigenvalue weighted by molar-refractivity contribution is 0.100. The molecule has 0 aliphatic rings. The topological polar surface area (TPSA) is 69.1 Å². The Balaban J connectivity index is 2.80. The van der Waals surface area contributed by atoms with Gasteiger partial charge in [-0.15, -0.1) is 0 Å². The molecule has 0 unspecified atom stereocenters. The van der Waals surface area contributed by atoms with Crippen LogP contribution in [-0.4, -0.2) is 5.91 Å². The molecule has 2 rings (SSSR count). The summed E-state index contributed by atoms with van der Waals surface area (Å²) in [7, 11) is 0. The van der Waals surface area contributed by atoms with Gasteiger partial charge in [-0.05, 0) is 28.5 Å². The van der Waals surface area contributed by atoms with Gasteiger partial charge in [-0.2, -0.15) is 0 Å². The summed E-state index contributed by atoms with van der Waals surface area (Å²) in [6.45, 7) is 0.408. The van der Waals surface area contributed by atoms with E-state index in [-0.39, 0.29) is 0 Å². The second-order valence-electron chi connectivity index (χ2n) is 3.43. The molecule has 0 aliphatic carbocycles. The predicted molar refractivity (Wildman–Crippen MR) is 60.4 cm³/mol. The van der Waals surface area contributed by atoms with E-state index in [4.69, 9.17) is 11.5 Å². The molecule has 15 heavy (non-hydrogen) atoms. The lowest BCUT2D eigenvalue weighted by atomic mass is 10.0. The first-order valence-electron chi connectivity index (χ1n) is 4.74. The van der Waals surface area contributed by atoms with Gasteiger partial charge in [0.25, 0.3) is 0 Å².